The van der Waals surface area contributed by atoms with Crippen LogP contribution >= 0.6 is 11.8 Å². The van der Waals surface area contributed by atoms with Crippen molar-refractivity contribution >= 4 is 11.8 Å². The van der Waals surface area contributed by atoms with Crippen LogP contribution in [0.3, 0.4) is 0 Å². The molecule has 0 aliphatic carbocycles. The van der Waals surface area contributed by atoms with Crippen molar-refractivity contribution in [1.82, 2.24) is 10.4 Å². The minimum atomic E-state index is 1.10. The minimum absolute atomic E-state index is 1.10. The summed E-state index contributed by atoms with van der Waals surface area (Å²) in [6, 6.07) is 0. The molecular weight excluding hydrogens is 144 g/mol. The van der Waals surface area contributed by atoms with Crippen LogP contribution < -0.4 is 5.43 Å². The molecule has 0 heterocycles. The van der Waals surface area contributed by atoms with E-state index in [0.29, 0.717) is 0 Å². The van der Waals surface area contributed by atoms with Crippen molar-refractivity contribution in [3.8, 4) is 0 Å². The zero-order valence-corrected chi connectivity index (χ0v) is 8.00. The molecule has 0 aromatic rings. The smallest absolute Gasteiger partial charge is 0.0102 e. The lowest BCUT2D eigenvalue weighted by Gasteiger charge is -2.10. The maximum Gasteiger partial charge on any atom is 0.0102 e. The summed E-state index contributed by atoms with van der Waals surface area (Å²) in [5, 5.41) is 2.00. The Balaban J connectivity index is 2.77. The van der Waals surface area contributed by atoms with Gasteiger partial charge in [0.1, 0.15) is 0 Å². The average Bonchev–Trinajstić information content (AvgIpc) is 1.87. The molecular formula is C7H18N2S. The quantitative estimate of drug-likeness (QED) is 0.466. The van der Waals surface area contributed by atoms with Crippen molar-refractivity contribution in [3.63, 3.8) is 0 Å². The first kappa shape index (κ1) is 10.3. The van der Waals surface area contributed by atoms with Crippen molar-refractivity contribution in [2.45, 2.75) is 12.8 Å². The molecule has 2 nitrogen and oxygen atoms in total. The molecule has 62 valence electrons. The molecule has 0 atom stereocenters. The van der Waals surface area contributed by atoms with Gasteiger partial charge in [0.15, 0.2) is 0 Å². The van der Waals surface area contributed by atoms with Crippen LogP contribution in [0.5, 0.6) is 0 Å². The van der Waals surface area contributed by atoms with Gasteiger partial charge in [-0.1, -0.05) is 0 Å². The molecule has 0 rings (SSSR count). The highest BCUT2D eigenvalue weighted by molar-refractivity contribution is 7.98. The Hall–Kier alpha value is 0.270. The van der Waals surface area contributed by atoms with Crippen LogP contribution in [-0.4, -0.2) is 37.7 Å². The largest absolute Gasteiger partial charge is 0.256 e. The number of thioether (sulfide) groups is 1. The molecule has 0 fully saturated rings. The first-order chi connectivity index (χ1) is 4.77. The number of rotatable bonds is 6. The van der Waals surface area contributed by atoms with Gasteiger partial charge in [-0.15, -0.1) is 0 Å². The standard InChI is InChI=1S/C7H18N2S/c1-9(2)8-6-4-5-7-10-3/h8H,4-7H2,1-3H3. The molecule has 0 aliphatic heterocycles. The summed E-state index contributed by atoms with van der Waals surface area (Å²) < 4.78 is 0. The van der Waals surface area contributed by atoms with Crippen LogP contribution in [0.25, 0.3) is 0 Å². The number of nitrogens with one attached hydrogen (secondary N) is 1. The van der Waals surface area contributed by atoms with Gasteiger partial charge in [-0.25, -0.2) is 0 Å². The normalized spacial score (nSPS) is 10.8. The minimum Gasteiger partial charge on any atom is -0.256 e. The lowest BCUT2D eigenvalue weighted by Crippen LogP contribution is -2.31. The third kappa shape index (κ3) is 8.27. The number of nitrogens with zero attached hydrogens (tertiary/aromatic N) is 1. The molecule has 0 saturated carbocycles. The molecule has 0 saturated heterocycles. The molecule has 0 radical (unpaired) electrons. The number of hydrogen-bond donors (Lipinski definition) is 1. The zero-order chi connectivity index (χ0) is 7.82. The second kappa shape index (κ2) is 7.38. The van der Waals surface area contributed by atoms with Crippen LogP contribution in [0.15, 0.2) is 0 Å². The Bertz CT molecular complexity index is 66.6. The van der Waals surface area contributed by atoms with E-state index in [0.717, 1.165) is 6.54 Å². The number of hydrazine groups is 1. The van der Waals surface area contributed by atoms with Gasteiger partial charge in [-0.3, -0.25) is 10.4 Å². The number of unbranched alkanes of at least 4 members (excludes halogenated alkanes) is 1. The van der Waals surface area contributed by atoms with E-state index in [2.05, 4.69) is 11.7 Å². The zero-order valence-electron chi connectivity index (χ0n) is 7.18. The average molecular weight is 162 g/mol. The lowest BCUT2D eigenvalue weighted by molar-refractivity contribution is 0.288. The molecule has 1 N–H and O–H groups in total. The van der Waals surface area contributed by atoms with Crippen LogP contribution in [-0.2, 0) is 0 Å². The molecule has 3 heteroatoms. The number of hydrogen-bond acceptors (Lipinski definition) is 3. The van der Waals surface area contributed by atoms with Crippen molar-refractivity contribution in [3.05, 3.63) is 0 Å². The second-order valence-electron chi connectivity index (χ2n) is 2.50. The van der Waals surface area contributed by atoms with Gasteiger partial charge >= 0.3 is 0 Å². The molecule has 0 spiro atoms. The summed E-state index contributed by atoms with van der Waals surface area (Å²) in [5.74, 6) is 1.29. The molecule has 0 aromatic carbocycles. The SMILES string of the molecule is CSCCCCNN(C)C. The molecule has 0 bridgehead atoms. The third-order valence-corrected chi connectivity index (χ3v) is 1.90. The third-order valence-electron chi connectivity index (χ3n) is 1.20. The fourth-order valence-corrected chi connectivity index (χ4v) is 1.17. The second-order valence-corrected chi connectivity index (χ2v) is 3.49. The van der Waals surface area contributed by atoms with E-state index in [9.17, 15) is 0 Å². The summed E-state index contributed by atoms with van der Waals surface area (Å²) in [4.78, 5) is 0. The van der Waals surface area contributed by atoms with Gasteiger partial charge < -0.3 is 0 Å². The summed E-state index contributed by atoms with van der Waals surface area (Å²) in [7, 11) is 4.04. The molecule has 0 aromatic heterocycles. The van der Waals surface area contributed by atoms with Gasteiger partial charge in [-0.05, 0) is 24.9 Å². The van der Waals surface area contributed by atoms with E-state index in [1.807, 2.05) is 30.9 Å². The summed E-state index contributed by atoms with van der Waals surface area (Å²) in [6.07, 6.45) is 4.75. The first-order valence-corrected chi connectivity index (χ1v) is 5.06. The highest BCUT2D eigenvalue weighted by atomic mass is 32.2. The van der Waals surface area contributed by atoms with Crippen LogP contribution in [0, 0.1) is 0 Å². The first-order valence-electron chi connectivity index (χ1n) is 3.67. The maximum atomic E-state index is 3.23. The highest BCUT2D eigenvalue weighted by Gasteiger charge is 1.88. The van der Waals surface area contributed by atoms with Crippen molar-refractivity contribution in [2.24, 2.45) is 0 Å². The highest BCUT2D eigenvalue weighted by Crippen LogP contribution is 1.97. The van der Waals surface area contributed by atoms with Crippen molar-refractivity contribution in [1.29, 1.82) is 0 Å². The fourth-order valence-electron chi connectivity index (χ4n) is 0.674. The van der Waals surface area contributed by atoms with Crippen LogP contribution in [0.1, 0.15) is 12.8 Å². The van der Waals surface area contributed by atoms with Crippen LogP contribution in [0.2, 0.25) is 0 Å². The summed E-state index contributed by atoms with van der Waals surface area (Å²) in [6.45, 7) is 1.10. The van der Waals surface area contributed by atoms with Gasteiger partial charge in [0, 0.05) is 20.6 Å². The molecule has 10 heavy (non-hydrogen) atoms. The van der Waals surface area contributed by atoms with Crippen LogP contribution in [0.4, 0.5) is 0 Å². The summed E-state index contributed by atoms with van der Waals surface area (Å²) >= 11 is 1.92. The lowest BCUT2D eigenvalue weighted by atomic mass is 10.3. The molecule has 0 amide bonds. The maximum absolute atomic E-state index is 3.23. The Kier molecular flexibility index (Phi) is 7.58. The van der Waals surface area contributed by atoms with E-state index < -0.39 is 0 Å². The predicted molar refractivity (Wildman–Crippen MR) is 49.3 cm³/mol. The van der Waals surface area contributed by atoms with Gasteiger partial charge in [0.2, 0.25) is 0 Å². The van der Waals surface area contributed by atoms with Gasteiger partial charge in [0.25, 0.3) is 0 Å². The molecule has 0 aliphatic rings. The van der Waals surface area contributed by atoms with E-state index in [1.165, 1.54) is 18.6 Å². The van der Waals surface area contributed by atoms with Crippen molar-refractivity contribution in [2.75, 3.05) is 32.6 Å². The molecule has 0 unspecified atom stereocenters. The fraction of sp³-hybridized carbons (Fsp3) is 1.00. The summed E-state index contributed by atoms with van der Waals surface area (Å²) in [5.41, 5.74) is 3.23. The van der Waals surface area contributed by atoms with E-state index in [1.54, 1.807) is 0 Å². The van der Waals surface area contributed by atoms with E-state index in [4.69, 9.17) is 0 Å². The Morgan fingerprint density at radius 2 is 2.00 bits per heavy atom. The van der Waals surface area contributed by atoms with E-state index >= 15 is 0 Å². The Morgan fingerprint density at radius 1 is 1.30 bits per heavy atom. The topological polar surface area (TPSA) is 15.3 Å². The van der Waals surface area contributed by atoms with E-state index in [-0.39, 0.29) is 0 Å². The van der Waals surface area contributed by atoms with Gasteiger partial charge in [0.05, 0.1) is 0 Å². The Morgan fingerprint density at radius 3 is 2.50 bits per heavy atom. The van der Waals surface area contributed by atoms with Crippen molar-refractivity contribution < 1.29 is 0 Å². The van der Waals surface area contributed by atoms with Gasteiger partial charge in [-0.2, -0.15) is 11.8 Å². The monoisotopic (exact) mass is 162 g/mol. The Labute approximate surface area is 68.3 Å². The predicted octanol–water partition coefficient (Wildman–Crippen LogP) is 1.20.